The van der Waals surface area contributed by atoms with Crippen molar-refractivity contribution >= 4 is 41.5 Å². The Morgan fingerprint density at radius 2 is 1.94 bits per heavy atom. The van der Waals surface area contributed by atoms with E-state index in [0.717, 1.165) is 31.0 Å². The molecule has 170 valence electrons. The molecule has 3 aromatic rings. The van der Waals surface area contributed by atoms with E-state index in [1.165, 1.54) is 11.1 Å². The molecule has 1 N–H and O–H groups in total. The fraction of sp³-hybridized carbons (Fsp3) is 0.333. The minimum atomic E-state index is 0. The summed E-state index contributed by atoms with van der Waals surface area (Å²) in [4.78, 5) is 6.84. The van der Waals surface area contributed by atoms with E-state index in [-0.39, 0.29) is 24.0 Å². The van der Waals surface area contributed by atoms with Crippen molar-refractivity contribution in [2.24, 2.45) is 12.0 Å². The summed E-state index contributed by atoms with van der Waals surface area (Å²) in [6, 6.07) is 15.8. The third-order valence-electron chi connectivity index (χ3n) is 5.67. The Morgan fingerprint density at radius 3 is 2.66 bits per heavy atom. The molecule has 6 nitrogen and oxygen atoms in total. The van der Waals surface area contributed by atoms with Gasteiger partial charge in [0.2, 0.25) is 0 Å². The van der Waals surface area contributed by atoms with Crippen molar-refractivity contribution in [3.8, 4) is 5.75 Å². The van der Waals surface area contributed by atoms with Crippen molar-refractivity contribution in [1.82, 2.24) is 20.0 Å². The van der Waals surface area contributed by atoms with Gasteiger partial charge in [-0.3, -0.25) is 9.67 Å². The molecule has 2 heterocycles. The van der Waals surface area contributed by atoms with Crippen LogP contribution in [0.3, 0.4) is 0 Å². The van der Waals surface area contributed by atoms with Gasteiger partial charge in [-0.2, -0.15) is 5.10 Å². The second-order valence-corrected chi connectivity index (χ2v) is 8.17. The molecule has 1 fully saturated rings. The van der Waals surface area contributed by atoms with Crippen LogP contribution in [0.15, 0.2) is 65.9 Å². The van der Waals surface area contributed by atoms with Crippen LogP contribution in [0.1, 0.15) is 29.0 Å². The summed E-state index contributed by atoms with van der Waals surface area (Å²) in [5.74, 6) is 2.11. The SMILES string of the molecule is CN=C(NCc1ccccc1COc1ccccc1Cl)N1CCC(c2cnn(C)c2)C1.I. The summed E-state index contributed by atoms with van der Waals surface area (Å²) >= 11 is 6.22. The molecule has 1 saturated heterocycles. The average molecular weight is 566 g/mol. The number of aromatic nitrogens is 2. The Kier molecular flexibility index (Phi) is 8.81. The molecule has 1 aromatic heterocycles. The first-order valence-corrected chi connectivity index (χ1v) is 10.9. The number of aryl methyl sites for hydroxylation is 1. The van der Waals surface area contributed by atoms with Crippen molar-refractivity contribution in [2.75, 3.05) is 20.1 Å². The molecule has 2 aromatic carbocycles. The van der Waals surface area contributed by atoms with Crippen LogP contribution in [0, 0.1) is 0 Å². The summed E-state index contributed by atoms with van der Waals surface area (Å²) < 4.78 is 7.82. The number of benzene rings is 2. The summed E-state index contributed by atoms with van der Waals surface area (Å²) in [5.41, 5.74) is 3.60. The number of hydrogen-bond acceptors (Lipinski definition) is 3. The molecule has 0 amide bonds. The van der Waals surface area contributed by atoms with Crippen LogP contribution in [0.4, 0.5) is 0 Å². The number of halogens is 2. The highest BCUT2D eigenvalue weighted by Gasteiger charge is 2.26. The van der Waals surface area contributed by atoms with Gasteiger partial charge in [-0.1, -0.05) is 48.0 Å². The minimum absolute atomic E-state index is 0. The fourth-order valence-corrected chi connectivity index (χ4v) is 4.16. The maximum Gasteiger partial charge on any atom is 0.193 e. The molecule has 0 saturated carbocycles. The molecule has 8 heteroatoms. The standard InChI is InChI=1S/C24H28ClN5O.HI/c1-26-24(30-12-11-19(16-30)21-14-28-29(2)15-21)27-13-18-7-3-4-8-20(18)17-31-23-10-6-5-9-22(23)25;/h3-10,14-15,19H,11-13,16-17H2,1-2H3,(H,26,27);1H. The molecule has 1 aliphatic heterocycles. The Hall–Kier alpha value is -2.26. The lowest BCUT2D eigenvalue weighted by Crippen LogP contribution is -2.39. The molecule has 0 bridgehead atoms. The number of guanidine groups is 1. The number of ether oxygens (including phenoxy) is 1. The van der Waals surface area contributed by atoms with Crippen molar-refractivity contribution in [3.63, 3.8) is 0 Å². The van der Waals surface area contributed by atoms with Crippen molar-refractivity contribution < 1.29 is 4.74 Å². The van der Waals surface area contributed by atoms with Gasteiger partial charge >= 0.3 is 0 Å². The van der Waals surface area contributed by atoms with E-state index in [1.54, 1.807) is 0 Å². The van der Waals surface area contributed by atoms with E-state index in [4.69, 9.17) is 16.3 Å². The Morgan fingerprint density at radius 1 is 1.19 bits per heavy atom. The van der Waals surface area contributed by atoms with Gasteiger partial charge in [0.05, 0.1) is 11.2 Å². The van der Waals surface area contributed by atoms with Gasteiger partial charge in [0, 0.05) is 45.8 Å². The fourth-order valence-electron chi connectivity index (χ4n) is 3.97. The van der Waals surface area contributed by atoms with Crippen molar-refractivity contribution in [3.05, 3.63) is 82.6 Å². The number of likely N-dealkylation sites (tertiary alicyclic amines) is 1. The van der Waals surface area contributed by atoms with Gasteiger partial charge in [0.25, 0.3) is 0 Å². The smallest absolute Gasteiger partial charge is 0.193 e. The number of nitrogens with zero attached hydrogens (tertiary/aromatic N) is 4. The number of rotatable bonds is 6. The predicted octanol–water partition coefficient (Wildman–Crippen LogP) is 4.84. The molecule has 1 unspecified atom stereocenters. The number of hydrogen-bond donors (Lipinski definition) is 1. The molecule has 4 rings (SSSR count). The van der Waals surface area contributed by atoms with Crippen molar-refractivity contribution in [2.45, 2.75) is 25.5 Å². The van der Waals surface area contributed by atoms with Crippen LogP contribution in [0.25, 0.3) is 0 Å². The van der Waals surface area contributed by atoms with E-state index >= 15 is 0 Å². The molecule has 1 atom stereocenters. The summed E-state index contributed by atoms with van der Waals surface area (Å²) in [5, 5.41) is 8.46. The molecular formula is C24H29ClIN5O. The van der Waals surface area contributed by atoms with E-state index in [9.17, 15) is 0 Å². The van der Waals surface area contributed by atoms with Crippen molar-refractivity contribution in [1.29, 1.82) is 0 Å². The second kappa shape index (κ2) is 11.6. The van der Waals surface area contributed by atoms with Gasteiger partial charge < -0.3 is 15.0 Å². The zero-order chi connectivity index (χ0) is 21.6. The number of aliphatic imine (C=N–C) groups is 1. The van der Waals surface area contributed by atoms with Crippen LogP contribution in [-0.4, -0.2) is 40.8 Å². The highest BCUT2D eigenvalue weighted by molar-refractivity contribution is 14.0. The minimum Gasteiger partial charge on any atom is -0.487 e. The van der Waals surface area contributed by atoms with Crippen LogP contribution in [0.5, 0.6) is 5.75 Å². The van der Waals surface area contributed by atoms with Crippen LogP contribution in [0.2, 0.25) is 5.02 Å². The molecule has 0 spiro atoms. The monoisotopic (exact) mass is 565 g/mol. The third kappa shape index (κ3) is 5.95. The lowest BCUT2D eigenvalue weighted by Gasteiger charge is -2.22. The Balaban J connectivity index is 0.00000289. The third-order valence-corrected chi connectivity index (χ3v) is 5.98. The molecule has 32 heavy (non-hydrogen) atoms. The molecule has 0 aliphatic carbocycles. The van der Waals surface area contributed by atoms with Gasteiger partial charge in [0.15, 0.2) is 5.96 Å². The lowest BCUT2D eigenvalue weighted by atomic mass is 10.0. The largest absolute Gasteiger partial charge is 0.487 e. The second-order valence-electron chi connectivity index (χ2n) is 7.77. The lowest BCUT2D eigenvalue weighted by molar-refractivity contribution is 0.305. The van der Waals surface area contributed by atoms with E-state index in [0.29, 0.717) is 29.8 Å². The summed E-state index contributed by atoms with van der Waals surface area (Å²) in [6.45, 7) is 3.08. The zero-order valence-electron chi connectivity index (χ0n) is 18.4. The maximum absolute atomic E-state index is 6.22. The first-order valence-electron chi connectivity index (χ1n) is 10.5. The topological polar surface area (TPSA) is 54.7 Å². The average Bonchev–Trinajstić information content (AvgIpc) is 3.44. The van der Waals surface area contributed by atoms with Gasteiger partial charge in [0.1, 0.15) is 12.4 Å². The van der Waals surface area contributed by atoms with E-state index in [2.05, 4.69) is 38.6 Å². The zero-order valence-corrected chi connectivity index (χ0v) is 21.5. The molecule has 1 aliphatic rings. The van der Waals surface area contributed by atoms with Crippen LogP contribution < -0.4 is 10.1 Å². The van der Waals surface area contributed by atoms with Gasteiger partial charge in [-0.05, 0) is 35.2 Å². The van der Waals surface area contributed by atoms with E-state index in [1.807, 2.05) is 61.4 Å². The van der Waals surface area contributed by atoms with E-state index < -0.39 is 0 Å². The maximum atomic E-state index is 6.22. The quantitative estimate of drug-likeness (QED) is 0.264. The summed E-state index contributed by atoms with van der Waals surface area (Å²) in [7, 11) is 3.80. The predicted molar refractivity (Wildman–Crippen MR) is 140 cm³/mol. The normalized spacial score (nSPS) is 16.0. The van der Waals surface area contributed by atoms with Crippen LogP contribution >= 0.6 is 35.6 Å². The van der Waals surface area contributed by atoms with Gasteiger partial charge in [-0.25, -0.2) is 0 Å². The van der Waals surface area contributed by atoms with Crippen LogP contribution in [-0.2, 0) is 20.2 Å². The Bertz CT molecular complexity index is 1050. The highest BCUT2D eigenvalue weighted by Crippen LogP contribution is 2.27. The first kappa shape index (κ1) is 24.4. The molecule has 0 radical (unpaired) electrons. The number of nitrogens with one attached hydrogen (secondary N) is 1. The Labute approximate surface area is 211 Å². The van der Waals surface area contributed by atoms with Gasteiger partial charge in [-0.15, -0.1) is 24.0 Å². The first-order chi connectivity index (χ1) is 15.1. The number of para-hydroxylation sites is 1. The summed E-state index contributed by atoms with van der Waals surface area (Å²) in [6.07, 6.45) is 5.19. The molecular weight excluding hydrogens is 537 g/mol. The highest BCUT2D eigenvalue weighted by atomic mass is 127.